The van der Waals surface area contributed by atoms with Crippen molar-refractivity contribution in [3.63, 3.8) is 0 Å². The van der Waals surface area contributed by atoms with Crippen LogP contribution in [0.4, 0.5) is 5.69 Å². The Balaban J connectivity index is 1.04. The molecule has 2 heterocycles. The second-order valence-electron chi connectivity index (χ2n) is 11.0. The van der Waals surface area contributed by atoms with Gasteiger partial charge in [0, 0.05) is 35.0 Å². The van der Waals surface area contributed by atoms with Crippen molar-refractivity contribution in [1.29, 1.82) is 0 Å². The molecule has 0 unspecified atom stereocenters. The zero-order valence-corrected chi connectivity index (χ0v) is 24.4. The van der Waals surface area contributed by atoms with Crippen LogP contribution in [0.25, 0.3) is 32.9 Å². The SMILES string of the molecule is CC(=O)Nc1cccc(C2CCN(CCCNC(=O)c3cc4cc(-c5ccc(Cl)cc5)c5ccccc5c4o3)CC2)c1. The first kappa shape index (κ1) is 28.0. The van der Waals surface area contributed by atoms with Gasteiger partial charge in [-0.05, 0) is 103 Å². The molecule has 7 heteroatoms. The highest BCUT2D eigenvalue weighted by atomic mass is 35.5. The fourth-order valence-electron chi connectivity index (χ4n) is 6.01. The van der Waals surface area contributed by atoms with E-state index in [4.69, 9.17) is 16.0 Å². The summed E-state index contributed by atoms with van der Waals surface area (Å²) in [6.45, 7) is 5.11. The van der Waals surface area contributed by atoms with E-state index in [2.05, 4.69) is 39.8 Å². The fraction of sp³-hybridized carbons (Fsp3) is 0.257. The van der Waals surface area contributed by atoms with E-state index in [1.165, 1.54) is 12.5 Å². The molecule has 1 fully saturated rings. The number of nitrogens with one attached hydrogen (secondary N) is 2. The molecule has 42 heavy (non-hydrogen) atoms. The van der Waals surface area contributed by atoms with Gasteiger partial charge in [-0.3, -0.25) is 9.59 Å². The lowest BCUT2D eigenvalue weighted by atomic mass is 9.89. The molecule has 0 saturated carbocycles. The smallest absolute Gasteiger partial charge is 0.287 e. The van der Waals surface area contributed by atoms with Gasteiger partial charge in [-0.2, -0.15) is 0 Å². The summed E-state index contributed by atoms with van der Waals surface area (Å²) < 4.78 is 6.12. The quantitative estimate of drug-likeness (QED) is 0.183. The lowest BCUT2D eigenvalue weighted by molar-refractivity contribution is -0.114. The van der Waals surface area contributed by atoms with Crippen molar-refractivity contribution in [2.75, 3.05) is 31.5 Å². The van der Waals surface area contributed by atoms with Crippen LogP contribution in [-0.2, 0) is 4.79 Å². The van der Waals surface area contributed by atoms with Gasteiger partial charge in [0.2, 0.25) is 5.91 Å². The zero-order chi connectivity index (χ0) is 29.1. The molecule has 0 radical (unpaired) electrons. The number of hydrogen-bond donors (Lipinski definition) is 2. The summed E-state index contributed by atoms with van der Waals surface area (Å²) in [4.78, 5) is 26.9. The van der Waals surface area contributed by atoms with Crippen molar-refractivity contribution in [2.45, 2.75) is 32.1 Å². The molecule has 5 aromatic rings. The first-order valence-corrected chi connectivity index (χ1v) is 14.9. The molecule has 0 aliphatic carbocycles. The van der Waals surface area contributed by atoms with E-state index < -0.39 is 0 Å². The fourth-order valence-corrected chi connectivity index (χ4v) is 6.13. The van der Waals surface area contributed by atoms with Gasteiger partial charge in [-0.1, -0.05) is 60.1 Å². The normalized spacial score (nSPS) is 14.3. The summed E-state index contributed by atoms with van der Waals surface area (Å²) in [6, 6.07) is 28.0. The Labute approximate surface area is 250 Å². The van der Waals surface area contributed by atoms with Crippen LogP contribution in [0, 0.1) is 0 Å². The van der Waals surface area contributed by atoms with Gasteiger partial charge in [0.15, 0.2) is 5.76 Å². The van der Waals surface area contributed by atoms with Crippen LogP contribution in [0.2, 0.25) is 5.02 Å². The second-order valence-corrected chi connectivity index (χ2v) is 11.5. The highest BCUT2D eigenvalue weighted by Crippen LogP contribution is 2.37. The second kappa shape index (κ2) is 12.4. The maximum atomic E-state index is 13.0. The van der Waals surface area contributed by atoms with E-state index in [0.717, 1.165) is 77.5 Å². The standard InChI is InChI=1S/C35H34ClN3O3/c1-23(40)38-29-7-4-6-26(20-29)24-14-18-39(19-15-24)17-5-16-37-35(41)33-22-27-21-32(25-10-12-28(36)13-11-25)30-8-2-3-9-31(30)34(27)42-33/h2-4,6-13,20-22,24H,5,14-19H2,1H3,(H,37,41)(H,38,40). The van der Waals surface area contributed by atoms with Gasteiger partial charge in [-0.15, -0.1) is 0 Å². The Hall–Kier alpha value is -4.13. The number of likely N-dealkylation sites (tertiary alicyclic amines) is 1. The molecular weight excluding hydrogens is 546 g/mol. The number of hydrogen-bond acceptors (Lipinski definition) is 4. The number of fused-ring (bicyclic) bond motifs is 3. The summed E-state index contributed by atoms with van der Waals surface area (Å²) in [7, 11) is 0. The van der Waals surface area contributed by atoms with Crippen molar-refractivity contribution in [2.24, 2.45) is 0 Å². The first-order valence-electron chi connectivity index (χ1n) is 14.5. The molecule has 2 N–H and O–H groups in total. The van der Waals surface area contributed by atoms with Crippen molar-refractivity contribution in [3.05, 3.63) is 101 Å². The molecule has 6 nitrogen and oxygen atoms in total. The minimum Gasteiger partial charge on any atom is -0.450 e. The van der Waals surface area contributed by atoms with E-state index in [1.54, 1.807) is 0 Å². The molecule has 1 aromatic heterocycles. The third-order valence-electron chi connectivity index (χ3n) is 8.10. The Kier molecular flexibility index (Phi) is 8.27. The van der Waals surface area contributed by atoms with Gasteiger partial charge in [0.1, 0.15) is 5.58 Å². The molecule has 0 bridgehead atoms. The van der Waals surface area contributed by atoms with Crippen LogP contribution in [0.15, 0.2) is 89.3 Å². The Bertz CT molecular complexity index is 1740. The summed E-state index contributed by atoms with van der Waals surface area (Å²) in [5.74, 6) is 0.581. The number of nitrogens with zero attached hydrogens (tertiary/aromatic N) is 1. The number of benzene rings is 4. The summed E-state index contributed by atoms with van der Waals surface area (Å²) >= 11 is 6.12. The van der Waals surface area contributed by atoms with Crippen LogP contribution < -0.4 is 10.6 Å². The van der Waals surface area contributed by atoms with Gasteiger partial charge in [-0.25, -0.2) is 0 Å². The van der Waals surface area contributed by atoms with Crippen LogP contribution in [0.3, 0.4) is 0 Å². The Morgan fingerprint density at radius 2 is 1.69 bits per heavy atom. The number of amides is 2. The molecule has 214 valence electrons. The van der Waals surface area contributed by atoms with Crippen molar-refractivity contribution >= 4 is 50.8 Å². The molecular formula is C35H34ClN3O3. The zero-order valence-electron chi connectivity index (χ0n) is 23.7. The van der Waals surface area contributed by atoms with E-state index in [9.17, 15) is 9.59 Å². The van der Waals surface area contributed by atoms with E-state index in [-0.39, 0.29) is 11.8 Å². The predicted octanol–water partition coefficient (Wildman–Crippen LogP) is 7.86. The topological polar surface area (TPSA) is 74.6 Å². The summed E-state index contributed by atoms with van der Waals surface area (Å²) in [5, 5.41) is 9.56. The van der Waals surface area contributed by atoms with Crippen molar-refractivity contribution in [3.8, 4) is 11.1 Å². The van der Waals surface area contributed by atoms with E-state index in [0.29, 0.717) is 23.2 Å². The van der Waals surface area contributed by atoms with E-state index in [1.807, 2.05) is 60.7 Å². The molecule has 1 saturated heterocycles. The molecule has 6 rings (SSSR count). The number of furan rings is 1. The van der Waals surface area contributed by atoms with Gasteiger partial charge in [0.25, 0.3) is 5.91 Å². The molecule has 1 aliphatic rings. The highest BCUT2D eigenvalue weighted by Gasteiger charge is 2.21. The van der Waals surface area contributed by atoms with Gasteiger partial charge in [0.05, 0.1) is 0 Å². The molecule has 0 spiro atoms. The number of anilines is 1. The molecule has 4 aromatic carbocycles. The number of carbonyl (C=O) groups is 2. The number of carbonyl (C=O) groups excluding carboxylic acids is 2. The highest BCUT2D eigenvalue weighted by molar-refractivity contribution is 6.30. The summed E-state index contributed by atoms with van der Waals surface area (Å²) in [5.41, 5.74) is 5.00. The van der Waals surface area contributed by atoms with Crippen molar-refractivity contribution < 1.29 is 14.0 Å². The monoisotopic (exact) mass is 579 g/mol. The molecule has 0 atom stereocenters. The third-order valence-corrected chi connectivity index (χ3v) is 8.36. The lowest BCUT2D eigenvalue weighted by Crippen LogP contribution is -2.35. The Morgan fingerprint density at radius 1 is 0.929 bits per heavy atom. The van der Waals surface area contributed by atoms with Crippen LogP contribution in [0.1, 0.15) is 48.2 Å². The lowest BCUT2D eigenvalue weighted by Gasteiger charge is -2.32. The minimum atomic E-state index is -0.193. The predicted molar refractivity (Wildman–Crippen MR) is 170 cm³/mol. The molecule has 1 aliphatic heterocycles. The number of rotatable bonds is 8. The largest absolute Gasteiger partial charge is 0.450 e. The third kappa shape index (κ3) is 6.20. The van der Waals surface area contributed by atoms with E-state index >= 15 is 0 Å². The van der Waals surface area contributed by atoms with Crippen molar-refractivity contribution in [1.82, 2.24) is 10.2 Å². The maximum Gasteiger partial charge on any atom is 0.287 e. The number of halogens is 1. The van der Waals surface area contributed by atoms with Gasteiger partial charge >= 0.3 is 0 Å². The summed E-state index contributed by atoms with van der Waals surface area (Å²) in [6.07, 6.45) is 3.04. The minimum absolute atomic E-state index is 0.0498. The Morgan fingerprint density at radius 3 is 2.45 bits per heavy atom. The van der Waals surface area contributed by atoms with Gasteiger partial charge < -0.3 is 20.0 Å². The average molecular weight is 580 g/mol. The van der Waals surface area contributed by atoms with Crippen LogP contribution >= 0.6 is 11.6 Å². The average Bonchev–Trinajstić information content (AvgIpc) is 3.44. The maximum absolute atomic E-state index is 13.0. The first-order chi connectivity index (χ1) is 20.4. The van der Waals surface area contributed by atoms with Crippen LogP contribution in [0.5, 0.6) is 0 Å². The van der Waals surface area contributed by atoms with Crippen LogP contribution in [-0.4, -0.2) is 42.9 Å². The number of piperidine rings is 1. The molecule has 2 amide bonds.